The van der Waals surface area contributed by atoms with E-state index < -0.39 is 0 Å². The zero-order valence-electron chi connectivity index (χ0n) is 17.6. The Kier molecular flexibility index (Phi) is 6.10. The molecule has 0 bridgehead atoms. The fraction of sp³-hybridized carbons (Fsp3) is 0.696. The molecule has 154 valence electrons. The van der Waals surface area contributed by atoms with Gasteiger partial charge in [-0.2, -0.15) is 0 Å². The van der Waals surface area contributed by atoms with E-state index in [2.05, 4.69) is 51.4 Å². The van der Waals surface area contributed by atoms with Crippen molar-refractivity contribution in [2.24, 2.45) is 10.4 Å². The Morgan fingerprint density at radius 3 is 2.68 bits per heavy atom. The monoisotopic (exact) mass is 384 g/mol. The zero-order chi connectivity index (χ0) is 19.4. The molecule has 2 heterocycles. The molecule has 0 aromatic heterocycles. The first-order valence-corrected chi connectivity index (χ1v) is 11.0. The highest BCUT2D eigenvalue weighted by Crippen LogP contribution is 2.38. The predicted octanol–water partition coefficient (Wildman–Crippen LogP) is 3.64. The number of hydrogen-bond acceptors (Lipinski definition) is 3. The molecule has 3 aliphatic rings. The molecular weight excluding hydrogens is 348 g/mol. The summed E-state index contributed by atoms with van der Waals surface area (Å²) in [6.07, 6.45) is 9.23. The molecule has 1 atom stereocenters. The lowest BCUT2D eigenvalue weighted by molar-refractivity contribution is 0.156. The van der Waals surface area contributed by atoms with Crippen molar-refractivity contribution in [1.29, 1.82) is 0 Å². The van der Waals surface area contributed by atoms with Crippen molar-refractivity contribution in [2.75, 3.05) is 45.3 Å². The molecule has 1 aromatic carbocycles. The van der Waals surface area contributed by atoms with Gasteiger partial charge in [0.1, 0.15) is 0 Å². The zero-order valence-corrected chi connectivity index (χ0v) is 17.6. The lowest BCUT2D eigenvalue weighted by Gasteiger charge is -2.33. The third-order valence-corrected chi connectivity index (χ3v) is 7.05. The summed E-state index contributed by atoms with van der Waals surface area (Å²) in [7, 11) is 4.14. The largest absolute Gasteiger partial charge is 0.381 e. The first kappa shape index (κ1) is 19.6. The van der Waals surface area contributed by atoms with E-state index in [0.29, 0.717) is 11.5 Å². The quantitative estimate of drug-likeness (QED) is 0.635. The van der Waals surface area contributed by atoms with Crippen LogP contribution in [0.4, 0.5) is 5.69 Å². The third kappa shape index (κ3) is 4.29. The van der Waals surface area contributed by atoms with Gasteiger partial charge in [-0.1, -0.05) is 31.4 Å². The standard InChI is InChI=1S/C23H36N4O/c1-24-22(27-14-12-23(17-27)13-15-28-18-23)25-16-19-8-10-21(11-9-19)26(2)20-6-4-3-5-7-20/h8-11,20H,3-7,12-18H2,1-2H3,(H,24,25). The molecule has 1 aliphatic carbocycles. The summed E-state index contributed by atoms with van der Waals surface area (Å²) >= 11 is 0. The van der Waals surface area contributed by atoms with Gasteiger partial charge in [-0.3, -0.25) is 4.99 Å². The van der Waals surface area contributed by atoms with Gasteiger partial charge in [-0.25, -0.2) is 0 Å². The van der Waals surface area contributed by atoms with Crippen LogP contribution >= 0.6 is 0 Å². The Morgan fingerprint density at radius 2 is 2.00 bits per heavy atom. The van der Waals surface area contributed by atoms with E-state index in [0.717, 1.165) is 38.8 Å². The Hall–Kier alpha value is -1.75. The van der Waals surface area contributed by atoms with Gasteiger partial charge >= 0.3 is 0 Å². The van der Waals surface area contributed by atoms with E-state index in [1.165, 1.54) is 56.2 Å². The average molecular weight is 385 g/mol. The molecule has 1 N–H and O–H groups in total. The van der Waals surface area contributed by atoms with E-state index in [1.54, 1.807) is 0 Å². The van der Waals surface area contributed by atoms with Gasteiger partial charge in [-0.05, 0) is 43.4 Å². The van der Waals surface area contributed by atoms with Crippen LogP contribution in [0.5, 0.6) is 0 Å². The lowest BCUT2D eigenvalue weighted by Crippen LogP contribution is -2.41. The number of hydrogen-bond donors (Lipinski definition) is 1. The maximum Gasteiger partial charge on any atom is 0.193 e. The highest BCUT2D eigenvalue weighted by Gasteiger charge is 2.42. The summed E-state index contributed by atoms with van der Waals surface area (Å²) in [6, 6.07) is 9.76. The van der Waals surface area contributed by atoms with Crippen molar-refractivity contribution in [1.82, 2.24) is 10.2 Å². The van der Waals surface area contributed by atoms with Gasteiger partial charge < -0.3 is 19.9 Å². The molecule has 1 unspecified atom stereocenters. The Balaban J connectivity index is 1.30. The van der Waals surface area contributed by atoms with Crippen LogP contribution in [-0.2, 0) is 11.3 Å². The van der Waals surface area contributed by atoms with Crippen molar-refractivity contribution >= 4 is 11.6 Å². The van der Waals surface area contributed by atoms with Crippen molar-refractivity contribution in [3.8, 4) is 0 Å². The summed E-state index contributed by atoms with van der Waals surface area (Å²) in [5.41, 5.74) is 3.01. The number of nitrogens with one attached hydrogen (secondary N) is 1. The van der Waals surface area contributed by atoms with Gasteiger partial charge in [0.15, 0.2) is 5.96 Å². The molecule has 1 saturated carbocycles. The average Bonchev–Trinajstić information content (AvgIpc) is 3.39. The van der Waals surface area contributed by atoms with Crippen LogP contribution in [0.25, 0.3) is 0 Å². The molecule has 5 heteroatoms. The van der Waals surface area contributed by atoms with Crippen molar-refractivity contribution in [2.45, 2.75) is 57.5 Å². The van der Waals surface area contributed by atoms with Crippen molar-refractivity contribution in [3.05, 3.63) is 29.8 Å². The number of aliphatic imine (C=N–C) groups is 1. The fourth-order valence-corrected chi connectivity index (χ4v) is 5.13. The maximum atomic E-state index is 5.66. The normalized spacial score (nSPS) is 26.2. The second kappa shape index (κ2) is 8.73. The van der Waals surface area contributed by atoms with E-state index in [-0.39, 0.29) is 0 Å². The summed E-state index contributed by atoms with van der Waals surface area (Å²) in [5.74, 6) is 1.02. The number of nitrogens with zero attached hydrogens (tertiary/aromatic N) is 3. The molecule has 1 aromatic rings. The molecule has 2 aliphatic heterocycles. The van der Waals surface area contributed by atoms with Crippen molar-refractivity contribution < 1.29 is 4.74 Å². The number of likely N-dealkylation sites (tertiary alicyclic amines) is 1. The first-order chi connectivity index (χ1) is 13.7. The molecule has 1 spiro atoms. The maximum absolute atomic E-state index is 5.66. The SMILES string of the molecule is CN=C(NCc1ccc(N(C)C2CCCCC2)cc1)N1CCC2(CCOC2)C1. The van der Waals surface area contributed by atoms with Gasteiger partial charge in [0.05, 0.1) is 6.61 Å². The van der Waals surface area contributed by atoms with Crippen LogP contribution in [0.15, 0.2) is 29.3 Å². The Bertz CT molecular complexity index is 660. The van der Waals surface area contributed by atoms with Crippen LogP contribution in [0.2, 0.25) is 0 Å². The fourth-order valence-electron chi connectivity index (χ4n) is 5.13. The highest BCUT2D eigenvalue weighted by molar-refractivity contribution is 5.80. The summed E-state index contributed by atoms with van der Waals surface area (Å²) in [6.45, 7) is 4.80. The summed E-state index contributed by atoms with van der Waals surface area (Å²) < 4.78 is 5.66. The van der Waals surface area contributed by atoms with Crippen molar-refractivity contribution in [3.63, 3.8) is 0 Å². The topological polar surface area (TPSA) is 40.1 Å². The Labute approximate surface area is 170 Å². The van der Waals surface area contributed by atoms with Gasteiger partial charge in [0.25, 0.3) is 0 Å². The van der Waals surface area contributed by atoms with E-state index >= 15 is 0 Å². The second-order valence-electron chi connectivity index (χ2n) is 8.94. The van der Waals surface area contributed by atoms with E-state index in [1.807, 2.05) is 7.05 Å². The first-order valence-electron chi connectivity index (χ1n) is 11.0. The molecule has 28 heavy (non-hydrogen) atoms. The van der Waals surface area contributed by atoms with Gasteiger partial charge in [-0.15, -0.1) is 0 Å². The minimum Gasteiger partial charge on any atom is -0.381 e. The van der Waals surface area contributed by atoms with Crippen LogP contribution < -0.4 is 10.2 Å². The van der Waals surface area contributed by atoms with E-state index in [4.69, 9.17) is 4.74 Å². The lowest BCUT2D eigenvalue weighted by atomic mass is 9.87. The third-order valence-electron chi connectivity index (χ3n) is 7.05. The van der Waals surface area contributed by atoms with Crippen LogP contribution in [-0.4, -0.2) is 57.3 Å². The minimum absolute atomic E-state index is 0.364. The second-order valence-corrected chi connectivity index (χ2v) is 8.94. The molecule has 5 nitrogen and oxygen atoms in total. The number of ether oxygens (including phenoxy) is 1. The van der Waals surface area contributed by atoms with Crippen LogP contribution in [0.1, 0.15) is 50.5 Å². The van der Waals surface area contributed by atoms with E-state index in [9.17, 15) is 0 Å². The van der Waals surface area contributed by atoms with Crippen LogP contribution in [0.3, 0.4) is 0 Å². The Morgan fingerprint density at radius 1 is 1.21 bits per heavy atom. The summed E-state index contributed by atoms with van der Waals surface area (Å²) in [5, 5.41) is 3.57. The number of rotatable bonds is 4. The molecule has 3 fully saturated rings. The molecule has 2 saturated heterocycles. The molecule has 4 rings (SSSR count). The highest BCUT2D eigenvalue weighted by atomic mass is 16.5. The minimum atomic E-state index is 0.364. The smallest absolute Gasteiger partial charge is 0.193 e. The number of anilines is 1. The molecule has 0 amide bonds. The number of guanidine groups is 1. The van der Waals surface area contributed by atoms with Crippen LogP contribution in [0, 0.1) is 5.41 Å². The summed E-state index contributed by atoms with van der Waals surface area (Å²) in [4.78, 5) is 9.41. The predicted molar refractivity (Wildman–Crippen MR) is 116 cm³/mol. The molecule has 0 radical (unpaired) electrons. The van der Waals surface area contributed by atoms with Gasteiger partial charge in [0.2, 0.25) is 0 Å². The van der Waals surface area contributed by atoms with Gasteiger partial charge in [0, 0.05) is 57.5 Å². The number of benzene rings is 1. The molecular formula is C23H36N4O.